The number of nitrogens with two attached hydrogens (primary N) is 1. The summed E-state index contributed by atoms with van der Waals surface area (Å²) in [5.41, 5.74) is 8.22. The molecule has 1 aromatic rings. The summed E-state index contributed by atoms with van der Waals surface area (Å²) in [5, 5.41) is 0. The van der Waals surface area contributed by atoms with Crippen LogP contribution in [0.2, 0.25) is 0 Å². The van der Waals surface area contributed by atoms with Gasteiger partial charge in [-0.3, -0.25) is 0 Å². The van der Waals surface area contributed by atoms with Crippen LogP contribution in [0.3, 0.4) is 0 Å². The van der Waals surface area contributed by atoms with Crippen molar-refractivity contribution >= 4 is 11.4 Å². The van der Waals surface area contributed by atoms with Gasteiger partial charge in [-0.25, -0.2) is 0 Å². The number of nitrogen functional groups attached to an aromatic ring is 1. The maximum atomic E-state index is 6.44. The van der Waals surface area contributed by atoms with Gasteiger partial charge < -0.3 is 15.4 Å². The molecule has 1 aliphatic carbocycles. The van der Waals surface area contributed by atoms with Crippen molar-refractivity contribution in [3.63, 3.8) is 0 Å². The predicted octanol–water partition coefficient (Wildman–Crippen LogP) is 3.59. The Morgan fingerprint density at radius 1 is 1.20 bits per heavy atom. The van der Waals surface area contributed by atoms with Crippen LogP contribution >= 0.6 is 0 Å². The summed E-state index contributed by atoms with van der Waals surface area (Å²) in [6, 6.07) is 8.07. The van der Waals surface area contributed by atoms with Gasteiger partial charge in [0.25, 0.3) is 0 Å². The smallest absolute Gasteiger partial charge is 0.0758 e. The lowest BCUT2D eigenvalue weighted by Crippen LogP contribution is -2.35. The molecule has 1 unspecified atom stereocenters. The van der Waals surface area contributed by atoms with E-state index >= 15 is 0 Å². The third-order valence-corrected chi connectivity index (χ3v) is 4.93. The normalized spacial score (nSPS) is 24.9. The van der Waals surface area contributed by atoms with Gasteiger partial charge in [0.15, 0.2) is 0 Å². The molecule has 3 heteroatoms. The first-order valence-corrected chi connectivity index (χ1v) is 7.92. The Kier molecular flexibility index (Phi) is 3.88. The highest BCUT2D eigenvalue weighted by Crippen LogP contribution is 2.42. The molecule has 3 nitrogen and oxygen atoms in total. The van der Waals surface area contributed by atoms with E-state index in [4.69, 9.17) is 10.5 Å². The molecule has 20 heavy (non-hydrogen) atoms. The largest absolute Gasteiger partial charge is 0.397 e. The predicted molar refractivity (Wildman–Crippen MR) is 84.0 cm³/mol. The summed E-state index contributed by atoms with van der Waals surface area (Å²) in [6.07, 6.45) is 9.39. The molecular formula is C17H26N2O. The molecule has 1 saturated carbocycles. The molecule has 1 spiro atoms. The number of rotatable bonds is 3. The third kappa shape index (κ3) is 2.78. The van der Waals surface area contributed by atoms with Crippen molar-refractivity contribution in [3.05, 3.63) is 24.3 Å². The molecule has 2 N–H and O–H groups in total. The molecule has 1 aromatic carbocycles. The van der Waals surface area contributed by atoms with Crippen molar-refractivity contribution in [2.75, 3.05) is 24.2 Å². The highest BCUT2D eigenvalue weighted by atomic mass is 16.5. The SMILES string of the molecule is CN(CC1CCC2(CCCCC2)O1)c1ccccc1N. The Morgan fingerprint density at radius 2 is 1.95 bits per heavy atom. The van der Waals surface area contributed by atoms with Crippen molar-refractivity contribution in [1.29, 1.82) is 0 Å². The molecule has 2 fully saturated rings. The van der Waals surface area contributed by atoms with Crippen molar-refractivity contribution in [2.45, 2.75) is 56.7 Å². The molecule has 1 saturated heterocycles. The fraction of sp³-hybridized carbons (Fsp3) is 0.647. The summed E-state index contributed by atoms with van der Waals surface area (Å²) in [6.45, 7) is 0.940. The Morgan fingerprint density at radius 3 is 2.70 bits per heavy atom. The van der Waals surface area contributed by atoms with Gasteiger partial charge in [-0.1, -0.05) is 31.4 Å². The Hall–Kier alpha value is -1.22. The van der Waals surface area contributed by atoms with Crippen LogP contribution in [0.25, 0.3) is 0 Å². The number of hydrogen-bond donors (Lipinski definition) is 1. The summed E-state index contributed by atoms with van der Waals surface area (Å²) in [7, 11) is 2.11. The second kappa shape index (κ2) is 5.65. The number of ether oxygens (including phenoxy) is 1. The molecule has 0 bridgehead atoms. The van der Waals surface area contributed by atoms with Gasteiger partial charge in [0.2, 0.25) is 0 Å². The summed E-state index contributed by atoms with van der Waals surface area (Å²) >= 11 is 0. The van der Waals surface area contributed by atoms with Crippen LogP contribution in [0.1, 0.15) is 44.9 Å². The van der Waals surface area contributed by atoms with E-state index in [1.807, 2.05) is 18.2 Å². The number of nitrogens with zero attached hydrogens (tertiary/aromatic N) is 1. The number of benzene rings is 1. The lowest BCUT2D eigenvalue weighted by molar-refractivity contribution is -0.0602. The molecule has 110 valence electrons. The fourth-order valence-corrected chi connectivity index (χ4v) is 3.83. The van der Waals surface area contributed by atoms with Crippen LogP contribution in [0, 0.1) is 0 Å². The van der Waals surface area contributed by atoms with Gasteiger partial charge in [-0.15, -0.1) is 0 Å². The van der Waals surface area contributed by atoms with Crippen LogP contribution in [0.15, 0.2) is 24.3 Å². The summed E-state index contributed by atoms with van der Waals surface area (Å²) < 4.78 is 6.44. The second-order valence-corrected chi connectivity index (χ2v) is 6.46. The zero-order valence-corrected chi connectivity index (χ0v) is 12.5. The zero-order valence-electron chi connectivity index (χ0n) is 12.5. The summed E-state index contributed by atoms with van der Waals surface area (Å²) in [5.74, 6) is 0. The highest BCUT2D eigenvalue weighted by Gasteiger charge is 2.40. The molecule has 0 aromatic heterocycles. The van der Waals surface area contributed by atoms with E-state index in [-0.39, 0.29) is 5.60 Å². The van der Waals surface area contributed by atoms with E-state index in [0.717, 1.165) is 17.9 Å². The van der Waals surface area contributed by atoms with Crippen molar-refractivity contribution < 1.29 is 4.74 Å². The second-order valence-electron chi connectivity index (χ2n) is 6.46. The van der Waals surface area contributed by atoms with Crippen LogP contribution in [0.5, 0.6) is 0 Å². The van der Waals surface area contributed by atoms with Crippen LogP contribution in [-0.2, 0) is 4.74 Å². The van der Waals surface area contributed by atoms with Crippen LogP contribution in [-0.4, -0.2) is 25.3 Å². The van der Waals surface area contributed by atoms with E-state index < -0.39 is 0 Å². The topological polar surface area (TPSA) is 38.5 Å². The van der Waals surface area contributed by atoms with Crippen molar-refractivity contribution in [2.24, 2.45) is 0 Å². The van der Waals surface area contributed by atoms with Gasteiger partial charge in [0, 0.05) is 13.6 Å². The lowest BCUT2D eigenvalue weighted by atomic mass is 9.83. The molecule has 0 amide bonds. The van der Waals surface area contributed by atoms with Crippen LogP contribution in [0.4, 0.5) is 11.4 Å². The minimum Gasteiger partial charge on any atom is -0.397 e. The molecule has 2 aliphatic rings. The highest BCUT2D eigenvalue weighted by molar-refractivity contribution is 5.66. The maximum absolute atomic E-state index is 6.44. The average molecular weight is 274 g/mol. The first-order chi connectivity index (χ1) is 9.69. The minimum absolute atomic E-state index is 0.214. The Bertz CT molecular complexity index is 454. The minimum atomic E-state index is 0.214. The van der Waals surface area contributed by atoms with E-state index in [2.05, 4.69) is 18.0 Å². The first-order valence-electron chi connectivity index (χ1n) is 7.92. The van der Waals surface area contributed by atoms with Gasteiger partial charge in [0.1, 0.15) is 0 Å². The maximum Gasteiger partial charge on any atom is 0.0758 e. The Labute approximate surface area is 122 Å². The van der Waals surface area contributed by atoms with Gasteiger partial charge in [0.05, 0.1) is 23.1 Å². The number of likely N-dealkylation sites (N-methyl/N-ethyl adjacent to an activating group) is 1. The van der Waals surface area contributed by atoms with E-state index in [1.54, 1.807) is 0 Å². The van der Waals surface area contributed by atoms with Gasteiger partial charge in [-0.2, -0.15) is 0 Å². The fourth-order valence-electron chi connectivity index (χ4n) is 3.83. The lowest BCUT2D eigenvalue weighted by Gasteiger charge is -2.34. The molecular weight excluding hydrogens is 248 g/mol. The molecule has 1 heterocycles. The average Bonchev–Trinajstić information content (AvgIpc) is 2.82. The number of anilines is 2. The van der Waals surface area contributed by atoms with Gasteiger partial charge in [-0.05, 0) is 37.8 Å². The van der Waals surface area contributed by atoms with Gasteiger partial charge >= 0.3 is 0 Å². The van der Waals surface area contributed by atoms with E-state index in [1.165, 1.54) is 44.9 Å². The van der Waals surface area contributed by atoms with Crippen molar-refractivity contribution in [1.82, 2.24) is 0 Å². The molecule has 3 rings (SSSR count). The third-order valence-electron chi connectivity index (χ3n) is 4.93. The molecule has 1 atom stereocenters. The quantitative estimate of drug-likeness (QED) is 0.856. The van der Waals surface area contributed by atoms with E-state index in [0.29, 0.717) is 6.10 Å². The monoisotopic (exact) mass is 274 g/mol. The number of para-hydroxylation sites is 2. The standard InChI is InChI=1S/C17H26N2O/c1-19(16-8-4-3-7-15(16)18)13-14-9-12-17(20-14)10-5-2-6-11-17/h3-4,7-8,14H,2,5-6,9-13,18H2,1H3. The van der Waals surface area contributed by atoms with Crippen LogP contribution < -0.4 is 10.6 Å². The molecule has 1 aliphatic heterocycles. The summed E-state index contributed by atoms with van der Waals surface area (Å²) in [4.78, 5) is 2.24. The van der Waals surface area contributed by atoms with Crippen molar-refractivity contribution in [3.8, 4) is 0 Å². The first kappa shape index (κ1) is 13.7. The molecule has 0 radical (unpaired) electrons. The number of hydrogen-bond acceptors (Lipinski definition) is 3. The van der Waals surface area contributed by atoms with E-state index in [9.17, 15) is 0 Å². The zero-order chi connectivity index (χ0) is 14.0. The Balaban J connectivity index is 1.60.